The summed E-state index contributed by atoms with van der Waals surface area (Å²) in [4.78, 5) is 44.7. The molecule has 1 aromatic heterocycles. The molecule has 9 nitrogen and oxygen atoms in total. The second-order valence-electron chi connectivity index (χ2n) is 10.4. The Bertz CT molecular complexity index is 1330. The van der Waals surface area contributed by atoms with Gasteiger partial charge < -0.3 is 20.7 Å². The summed E-state index contributed by atoms with van der Waals surface area (Å²) in [6.07, 6.45) is 6.17. The smallest absolute Gasteiger partial charge is 0.331 e. The Balaban J connectivity index is 1.63. The highest BCUT2D eigenvalue weighted by Crippen LogP contribution is 2.40. The predicted molar refractivity (Wildman–Crippen MR) is 152 cm³/mol. The third-order valence-corrected chi connectivity index (χ3v) is 7.08. The summed E-state index contributed by atoms with van der Waals surface area (Å²) in [6, 6.07) is 6.95. The summed E-state index contributed by atoms with van der Waals surface area (Å²) in [5, 5.41) is 8.99. The van der Waals surface area contributed by atoms with E-state index in [0.717, 1.165) is 30.6 Å². The summed E-state index contributed by atoms with van der Waals surface area (Å²) in [5.41, 5.74) is 4.48. The van der Waals surface area contributed by atoms with Crippen LogP contribution < -0.4 is 25.6 Å². The second-order valence-corrected chi connectivity index (χ2v) is 10.4. The van der Waals surface area contributed by atoms with E-state index < -0.39 is 0 Å². The van der Waals surface area contributed by atoms with E-state index in [-0.39, 0.29) is 36.0 Å². The Morgan fingerprint density at radius 2 is 1.87 bits per heavy atom. The molecule has 1 aliphatic carbocycles. The molecule has 2 heterocycles. The van der Waals surface area contributed by atoms with Crippen LogP contribution >= 0.6 is 0 Å². The van der Waals surface area contributed by atoms with Crippen LogP contribution in [0.4, 0.5) is 16.2 Å². The Hall–Kier alpha value is -4.14. The lowest BCUT2D eigenvalue weighted by Crippen LogP contribution is -2.46. The van der Waals surface area contributed by atoms with Gasteiger partial charge >= 0.3 is 6.03 Å². The van der Waals surface area contributed by atoms with E-state index in [0.29, 0.717) is 40.3 Å². The van der Waals surface area contributed by atoms with Crippen LogP contribution in [0.15, 0.2) is 48.7 Å². The number of urea groups is 1. The SMILES string of the molecule is C=CC(=O)N[C@H]1CCCC(NC(=O)/C(C)=C2\NC(=O)N(c3ccc(OC(C)C)cc3C)c3ccnc(C)c32)C1. The van der Waals surface area contributed by atoms with Crippen LogP contribution in [0.5, 0.6) is 5.75 Å². The Labute approximate surface area is 229 Å². The molecule has 4 amide bonds. The number of hydrogen-bond acceptors (Lipinski definition) is 5. The lowest BCUT2D eigenvalue weighted by atomic mass is 9.90. The first-order valence-electron chi connectivity index (χ1n) is 13.4. The maximum atomic E-state index is 13.5. The standard InChI is InChI=1S/C30H37N5O4/c1-7-26(36)32-21-9-8-10-22(16-21)33-29(37)19(5)28-27-20(6)31-14-13-25(27)35(30(38)34-28)24-12-11-23(15-18(24)4)39-17(2)3/h7,11-15,17,21-22H,1,8-10,16H2,2-6H3,(H,32,36)(H,33,37)(H,34,38)/b28-19-/t21-,22?/m0/s1. The number of rotatable bonds is 7. The molecule has 1 unspecified atom stereocenters. The molecular weight excluding hydrogens is 494 g/mol. The first-order chi connectivity index (χ1) is 18.6. The van der Waals surface area contributed by atoms with E-state index in [1.54, 1.807) is 24.1 Å². The van der Waals surface area contributed by atoms with E-state index in [2.05, 4.69) is 27.5 Å². The number of amides is 4. The van der Waals surface area contributed by atoms with E-state index in [1.165, 1.54) is 6.08 Å². The van der Waals surface area contributed by atoms with Gasteiger partial charge in [0.05, 0.1) is 23.2 Å². The van der Waals surface area contributed by atoms with E-state index in [1.807, 2.05) is 45.9 Å². The largest absolute Gasteiger partial charge is 0.491 e. The highest BCUT2D eigenvalue weighted by Gasteiger charge is 2.33. The molecule has 4 rings (SSSR count). The van der Waals surface area contributed by atoms with Crippen LogP contribution in [0.1, 0.15) is 63.3 Å². The Kier molecular flexibility index (Phi) is 8.38. The fraction of sp³-hybridized carbons (Fsp3) is 0.400. The fourth-order valence-corrected chi connectivity index (χ4v) is 5.25. The number of carbonyl (C=O) groups is 3. The average molecular weight is 532 g/mol. The molecule has 0 radical (unpaired) electrons. The van der Waals surface area contributed by atoms with Gasteiger partial charge in [0.2, 0.25) is 11.8 Å². The zero-order valence-electron chi connectivity index (χ0n) is 23.3. The molecule has 1 aromatic carbocycles. The molecule has 39 heavy (non-hydrogen) atoms. The van der Waals surface area contributed by atoms with Crippen molar-refractivity contribution in [3.63, 3.8) is 0 Å². The minimum Gasteiger partial charge on any atom is -0.491 e. The van der Waals surface area contributed by atoms with Crippen LogP contribution in [0.25, 0.3) is 5.70 Å². The quantitative estimate of drug-likeness (QED) is 0.444. The predicted octanol–water partition coefficient (Wildman–Crippen LogP) is 4.81. The maximum Gasteiger partial charge on any atom is 0.331 e. The number of aryl methyl sites for hydroxylation is 2. The monoisotopic (exact) mass is 531 g/mol. The number of carbonyl (C=O) groups excluding carboxylic acids is 3. The number of nitrogens with zero attached hydrogens (tertiary/aromatic N) is 2. The molecule has 0 bridgehead atoms. The molecule has 1 aliphatic heterocycles. The molecule has 0 saturated heterocycles. The number of fused-ring (bicyclic) bond motifs is 1. The lowest BCUT2D eigenvalue weighted by Gasteiger charge is -2.34. The molecule has 1 saturated carbocycles. The number of aromatic nitrogens is 1. The van der Waals surface area contributed by atoms with Crippen molar-refractivity contribution in [1.29, 1.82) is 0 Å². The maximum absolute atomic E-state index is 13.5. The molecule has 9 heteroatoms. The van der Waals surface area contributed by atoms with Crippen molar-refractivity contribution in [2.75, 3.05) is 4.90 Å². The molecular formula is C30H37N5O4. The van der Waals surface area contributed by atoms with Crippen molar-refractivity contribution in [1.82, 2.24) is 20.9 Å². The van der Waals surface area contributed by atoms with Gasteiger partial charge in [-0.05, 0) is 96.2 Å². The number of anilines is 2. The Morgan fingerprint density at radius 1 is 1.15 bits per heavy atom. The molecule has 206 valence electrons. The van der Waals surface area contributed by atoms with Gasteiger partial charge in [-0.2, -0.15) is 0 Å². The minimum atomic E-state index is -0.360. The first kappa shape index (κ1) is 27.9. The molecule has 1 fully saturated rings. The van der Waals surface area contributed by atoms with Crippen molar-refractivity contribution < 1.29 is 19.1 Å². The topological polar surface area (TPSA) is 113 Å². The van der Waals surface area contributed by atoms with Crippen LogP contribution in [0.3, 0.4) is 0 Å². The van der Waals surface area contributed by atoms with Crippen molar-refractivity contribution in [2.45, 2.75) is 78.5 Å². The van der Waals surface area contributed by atoms with Gasteiger partial charge in [0.1, 0.15) is 5.75 Å². The third kappa shape index (κ3) is 6.13. The second kappa shape index (κ2) is 11.7. The van der Waals surface area contributed by atoms with Crippen LogP contribution in [-0.2, 0) is 9.59 Å². The molecule has 3 N–H and O–H groups in total. The summed E-state index contributed by atoms with van der Waals surface area (Å²) < 4.78 is 5.82. The van der Waals surface area contributed by atoms with Gasteiger partial charge in [-0.25, -0.2) is 4.79 Å². The van der Waals surface area contributed by atoms with Gasteiger partial charge in [-0.1, -0.05) is 6.58 Å². The van der Waals surface area contributed by atoms with Gasteiger partial charge in [0.15, 0.2) is 0 Å². The van der Waals surface area contributed by atoms with Gasteiger partial charge in [-0.15, -0.1) is 0 Å². The summed E-state index contributed by atoms with van der Waals surface area (Å²) in [7, 11) is 0. The number of nitrogens with one attached hydrogen (secondary N) is 3. The van der Waals surface area contributed by atoms with Crippen molar-refractivity contribution >= 4 is 34.9 Å². The third-order valence-electron chi connectivity index (χ3n) is 7.08. The first-order valence-corrected chi connectivity index (χ1v) is 13.4. The van der Waals surface area contributed by atoms with Crippen LogP contribution in [0.2, 0.25) is 0 Å². The minimum absolute atomic E-state index is 0.0156. The zero-order chi connectivity index (χ0) is 28.3. The molecule has 2 aliphatic rings. The molecule has 2 aromatic rings. The normalized spacial score (nSPS) is 20.1. The van der Waals surface area contributed by atoms with Gasteiger partial charge in [0.25, 0.3) is 0 Å². The number of benzene rings is 1. The summed E-state index contributed by atoms with van der Waals surface area (Å²) in [6.45, 7) is 12.9. The zero-order valence-corrected chi connectivity index (χ0v) is 23.3. The molecule has 2 atom stereocenters. The van der Waals surface area contributed by atoms with Crippen molar-refractivity contribution in [3.05, 3.63) is 65.5 Å². The number of pyridine rings is 1. The van der Waals surface area contributed by atoms with Crippen molar-refractivity contribution in [2.24, 2.45) is 0 Å². The summed E-state index contributed by atoms with van der Waals surface area (Å²) >= 11 is 0. The van der Waals surface area contributed by atoms with Gasteiger partial charge in [-0.3, -0.25) is 19.5 Å². The highest BCUT2D eigenvalue weighted by atomic mass is 16.5. The number of ether oxygens (including phenoxy) is 1. The average Bonchev–Trinajstić information content (AvgIpc) is 2.88. The van der Waals surface area contributed by atoms with E-state index in [9.17, 15) is 14.4 Å². The Morgan fingerprint density at radius 3 is 2.54 bits per heavy atom. The highest BCUT2D eigenvalue weighted by molar-refractivity contribution is 6.14. The van der Waals surface area contributed by atoms with Gasteiger partial charge in [0, 0.05) is 35.1 Å². The van der Waals surface area contributed by atoms with Crippen LogP contribution in [-0.4, -0.2) is 41.0 Å². The summed E-state index contributed by atoms with van der Waals surface area (Å²) in [5.74, 6) is 0.258. The molecule has 0 spiro atoms. The number of hydrogen-bond donors (Lipinski definition) is 3. The van der Waals surface area contributed by atoms with E-state index >= 15 is 0 Å². The fourth-order valence-electron chi connectivity index (χ4n) is 5.25. The van der Waals surface area contributed by atoms with Crippen LogP contribution in [0, 0.1) is 13.8 Å². The van der Waals surface area contributed by atoms with Crippen molar-refractivity contribution in [3.8, 4) is 5.75 Å². The van der Waals surface area contributed by atoms with E-state index in [4.69, 9.17) is 4.74 Å². The lowest BCUT2D eigenvalue weighted by molar-refractivity contribution is -0.118.